The summed E-state index contributed by atoms with van der Waals surface area (Å²) in [4.78, 5) is 11.7. The molecule has 4 N–H and O–H groups in total. The number of nitrogens with one attached hydrogen (secondary N) is 1. The number of aromatic hydroxyl groups is 1. The number of furan rings is 1. The Kier molecular flexibility index (Phi) is 2.93. The normalized spacial score (nSPS) is 10.2. The van der Waals surface area contributed by atoms with Crippen molar-refractivity contribution < 1.29 is 14.3 Å². The summed E-state index contributed by atoms with van der Waals surface area (Å²) >= 11 is 5.74. The van der Waals surface area contributed by atoms with E-state index >= 15 is 0 Å². The number of nitrogens with two attached hydrogens (primary N) is 1. The maximum absolute atomic E-state index is 11.7. The first-order chi connectivity index (χ1) is 8.06. The maximum Gasteiger partial charge on any atom is 0.291 e. The van der Waals surface area contributed by atoms with Crippen molar-refractivity contribution in [3.63, 3.8) is 0 Å². The van der Waals surface area contributed by atoms with E-state index in [4.69, 9.17) is 21.8 Å². The van der Waals surface area contributed by atoms with Gasteiger partial charge < -0.3 is 20.6 Å². The fourth-order valence-electron chi connectivity index (χ4n) is 1.27. The SMILES string of the molecule is Nc1ccc(C(=O)Nc2cc(Cl)ccc2O)o1. The van der Waals surface area contributed by atoms with Crippen molar-refractivity contribution in [1.82, 2.24) is 0 Å². The molecule has 0 radical (unpaired) electrons. The molecule has 1 aromatic heterocycles. The number of nitrogen functional groups attached to an aromatic ring is 1. The van der Waals surface area contributed by atoms with Crippen molar-refractivity contribution >= 4 is 29.1 Å². The summed E-state index contributed by atoms with van der Waals surface area (Å²) in [5.41, 5.74) is 5.55. The molecule has 2 rings (SSSR count). The van der Waals surface area contributed by atoms with Gasteiger partial charge in [0.05, 0.1) is 5.69 Å². The van der Waals surface area contributed by atoms with Gasteiger partial charge in [0.25, 0.3) is 5.91 Å². The van der Waals surface area contributed by atoms with Crippen molar-refractivity contribution in [1.29, 1.82) is 0 Å². The van der Waals surface area contributed by atoms with Gasteiger partial charge in [-0.05, 0) is 24.3 Å². The van der Waals surface area contributed by atoms with Crippen LogP contribution in [-0.2, 0) is 0 Å². The second-order valence-corrected chi connectivity index (χ2v) is 3.75. The molecule has 6 heteroatoms. The number of carbonyl (C=O) groups is 1. The Labute approximate surface area is 102 Å². The van der Waals surface area contributed by atoms with E-state index in [9.17, 15) is 9.90 Å². The van der Waals surface area contributed by atoms with Crippen molar-refractivity contribution in [2.24, 2.45) is 0 Å². The first-order valence-electron chi connectivity index (χ1n) is 4.71. The monoisotopic (exact) mass is 252 g/mol. The van der Waals surface area contributed by atoms with E-state index in [1.807, 2.05) is 0 Å². The minimum absolute atomic E-state index is 0.0573. The summed E-state index contributed by atoms with van der Waals surface area (Å²) in [5, 5.41) is 12.4. The van der Waals surface area contributed by atoms with Crippen LogP contribution in [0.1, 0.15) is 10.6 Å². The highest BCUT2D eigenvalue weighted by atomic mass is 35.5. The third-order valence-corrected chi connectivity index (χ3v) is 2.29. The predicted molar refractivity (Wildman–Crippen MR) is 64.2 cm³/mol. The lowest BCUT2D eigenvalue weighted by atomic mass is 10.3. The Morgan fingerprint density at radius 3 is 2.76 bits per heavy atom. The Morgan fingerprint density at radius 1 is 1.35 bits per heavy atom. The van der Waals surface area contributed by atoms with Gasteiger partial charge >= 0.3 is 0 Å². The zero-order valence-corrected chi connectivity index (χ0v) is 9.36. The molecule has 0 aliphatic carbocycles. The van der Waals surface area contributed by atoms with Gasteiger partial charge in [-0.15, -0.1) is 0 Å². The van der Waals surface area contributed by atoms with Gasteiger partial charge in [-0.25, -0.2) is 0 Å². The standard InChI is InChI=1S/C11H9ClN2O3/c12-6-1-2-8(15)7(5-6)14-11(16)9-3-4-10(13)17-9/h1-5,15H,13H2,(H,14,16). The first kappa shape index (κ1) is 11.3. The highest BCUT2D eigenvalue weighted by Gasteiger charge is 2.12. The smallest absolute Gasteiger partial charge is 0.291 e. The van der Waals surface area contributed by atoms with Crippen LogP contribution in [0.4, 0.5) is 11.6 Å². The van der Waals surface area contributed by atoms with Gasteiger partial charge in [0, 0.05) is 11.1 Å². The molecule has 1 heterocycles. The Bertz CT molecular complexity index is 566. The Morgan fingerprint density at radius 2 is 2.12 bits per heavy atom. The number of hydrogen-bond donors (Lipinski definition) is 3. The second kappa shape index (κ2) is 4.39. The average molecular weight is 253 g/mol. The lowest BCUT2D eigenvalue weighted by molar-refractivity contribution is 0.0997. The molecule has 1 aromatic carbocycles. The lowest BCUT2D eigenvalue weighted by Gasteiger charge is -2.05. The van der Waals surface area contributed by atoms with Crippen LogP contribution in [0.15, 0.2) is 34.7 Å². The predicted octanol–water partition coefficient (Wildman–Crippen LogP) is 2.47. The molecule has 0 bridgehead atoms. The summed E-state index contributed by atoms with van der Waals surface area (Å²) in [6, 6.07) is 7.23. The Balaban J connectivity index is 2.21. The molecule has 2 aromatic rings. The summed E-state index contributed by atoms with van der Waals surface area (Å²) in [6.07, 6.45) is 0. The molecule has 88 valence electrons. The second-order valence-electron chi connectivity index (χ2n) is 3.32. The molecule has 0 saturated carbocycles. The van der Waals surface area contributed by atoms with E-state index in [0.29, 0.717) is 5.02 Å². The Hall–Kier alpha value is -2.14. The molecule has 0 aliphatic heterocycles. The van der Waals surface area contributed by atoms with Gasteiger partial charge in [0.15, 0.2) is 11.6 Å². The topological polar surface area (TPSA) is 88.5 Å². The molecular weight excluding hydrogens is 244 g/mol. The van der Waals surface area contributed by atoms with E-state index in [1.54, 1.807) is 0 Å². The van der Waals surface area contributed by atoms with Crippen LogP contribution in [0.3, 0.4) is 0 Å². The number of benzene rings is 1. The van der Waals surface area contributed by atoms with Gasteiger partial charge in [-0.1, -0.05) is 11.6 Å². The molecule has 0 aliphatic rings. The number of phenolic OH excluding ortho intramolecular Hbond substituents is 1. The number of rotatable bonds is 2. The molecular formula is C11H9ClN2O3. The third-order valence-electron chi connectivity index (χ3n) is 2.06. The third kappa shape index (κ3) is 2.51. The molecule has 0 spiro atoms. The van der Waals surface area contributed by atoms with Gasteiger partial charge in [-0.3, -0.25) is 4.79 Å². The van der Waals surface area contributed by atoms with E-state index in [0.717, 1.165) is 0 Å². The molecule has 0 fully saturated rings. The van der Waals surface area contributed by atoms with Crippen molar-refractivity contribution in [3.8, 4) is 5.75 Å². The molecule has 0 unspecified atom stereocenters. The number of hydrogen-bond acceptors (Lipinski definition) is 4. The van der Waals surface area contributed by atoms with Crippen molar-refractivity contribution in [2.75, 3.05) is 11.1 Å². The lowest BCUT2D eigenvalue weighted by Crippen LogP contribution is -2.10. The molecule has 1 amide bonds. The minimum atomic E-state index is -0.515. The number of phenols is 1. The molecule has 17 heavy (non-hydrogen) atoms. The average Bonchev–Trinajstić information content (AvgIpc) is 2.70. The van der Waals surface area contributed by atoms with Crippen LogP contribution in [-0.4, -0.2) is 11.0 Å². The highest BCUT2D eigenvalue weighted by Crippen LogP contribution is 2.27. The number of halogens is 1. The quantitative estimate of drug-likeness (QED) is 0.717. The summed E-state index contributed by atoms with van der Waals surface area (Å²) in [6.45, 7) is 0. The fraction of sp³-hybridized carbons (Fsp3) is 0. The first-order valence-corrected chi connectivity index (χ1v) is 5.09. The number of anilines is 2. The highest BCUT2D eigenvalue weighted by molar-refractivity contribution is 6.31. The van der Waals surface area contributed by atoms with Crippen molar-refractivity contribution in [3.05, 3.63) is 41.1 Å². The van der Waals surface area contributed by atoms with Gasteiger partial charge in [0.2, 0.25) is 0 Å². The largest absolute Gasteiger partial charge is 0.506 e. The minimum Gasteiger partial charge on any atom is -0.506 e. The van der Waals surface area contributed by atoms with Crippen LogP contribution < -0.4 is 11.1 Å². The van der Waals surface area contributed by atoms with E-state index < -0.39 is 5.91 Å². The zero-order valence-electron chi connectivity index (χ0n) is 8.61. The van der Waals surface area contributed by atoms with E-state index in [-0.39, 0.29) is 23.1 Å². The summed E-state index contributed by atoms with van der Waals surface area (Å²) in [5.74, 6) is -0.395. The fourth-order valence-corrected chi connectivity index (χ4v) is 1.44. The molecule has 0 atom stereocenters. The summed E-state index contributed by atoms with van der Waals surface area (Å²) in [7, 11) is 0. The molecule has 0 saturated heterocycles. The zero-order chi connectivity index (χ0) is 12.4. The van der Waals surface area contributed by atoms with Crippen LogP contribution in [0.25, 0.3) is 0 Å². The maximum atomic E-state index is 11.7. The van der Waals surface area contributed by atoms with Crippen LogP contribution >= 0.6 is 11.6 Å². The van der Waals surface area contributed by atoms with E-state index in [1.165, 1.54) is 30.3 Å². The van der Waals surface area contributed by atoms with Crippen molar-refractivity contribution in [2.45, 2.75) is 0 Å². The van der Waals surface area contributed by atoms with Gasteiger partial charge in [-0.2, -0.15) is 0 Å². The van der Waals surface area contributed by atoms with Gasteiger partial charge in [0.1, 0.15) is 5.75 Å². The number of amides is 1. The summed E-state index contributed by atoms with van der Waals surface area (Å²) < 4.78 is 4.94. The van der Waals surface area contributed by atoms with Crippen LogP contribution in [0.5, 0.6) is 5.75 Å². The molecule has 5 nitrogen and oxygen atoms in total. The number of carbonyl (C=O) groups excluding carboxylic acids is 1. The van der Waals surface area contributed by atoms with Crippen LogP contribution in [0, 0.1) is 0 Å². The van der Waals surface area contributed by atoms with E-state index in [2.05, 4.69) is 5.32 Å². The van der Waals surface area contributed by atoms with Crippen LogP contribution in [0.2, 0.25) is 5.02 Å².